The molecule has 1 amide bonds. The normalized spacial score (nSPS) is 10.8. The smallest absolute Gasteiger partial charge is 0.254 e. The van der Waals surface area contributed by atoms with Gasteiger partial charge < -0.3 is 9.80 Å². The van der Waals surface area contributed by atoms with Crippen LogP contribution < -0.4 is 4.90 Å². The summed E-state index contributed by atoms with van der Waals surface area (Å²) in [5.74, 6) is 0.991. The average molecular weight is 411 g/mol. The van der Waals surface area contributed by atoms with Gasteiger partial charge in [0.15, 0.2) is 0 Å². The van der Waals surface area contributed by atoms with Gasteiger partial charge in [-0.15, -0.1) is 0 Å². The van der Waals surface area contributed by atoms with Crippen LogP contribution in [0.4, 0.5) is 5.82 Å². The summed E-state index contributed by atoms with van der Waals surface area (Å²) in [7, 11) is 5.94. The summed E-state index contributed by atoms with van der Waals surface area (Å²) in [5, 5.41) is 5.40. The molecule has 0 spiro atoms. The minimum absolute atomic E-state index is 0.00362. The van der Waals surface area contributed by atoms with Crippen molar-refractivity contribution in [2.75, 3.05) is 25.5 Å². The zero-order valence-electron chi connectivity index (χ0n) is 17.4. The fourth-order valence-electron chi connectivity index (χ4n) is 3.58. The van der Waals surface area contributed by atoms with E-state index in [0.717, 1.165) is 29.1 Å². The molecule has 0 N–H and O–H groups in total. The fourth-order valence-corrected chi connectivity index (χ4v) is 3.71. The molecule has 0 unspecified atom stereocenters. The summed E-state index contributed by atoms with van der Waals surface area (Å²) >= 11 is 5.99. The second-order valence-electron chi connectivity index (χ2n) is 7.27. The van der Waals surface area contributed by atoms with Crippen molar-refractivity contribution in [2.24, 2.45) is 7.05 Å². The molecule has 3 rings (SSSR count). The first-order valence-corrected chi connectivity index (χ1v) is 10.1. The van der Waals surface area contributed by atoms with Crippen LogP contribution in [0.25, 0.3) is 11.3 Å². The van der Waals surface area contributed by atoms with E-state index >= 15 is 0 Å². The molecule has 5 nitrogen and oxygen atoms in total. The predicted octanol–water partition coefficient (Wildman–Crippen LogP) is 4.86. The Kier molecular flexibility index (Phi) is 6.60. The Balaban J connectivity index is 2.03. The van der Waals surface area contributed by atoms with Crippen LogP contribution >= 0.6 is 11.6 Å². The van der Waals surface area contributed by atoms with E-state index in [2.05, 4.69) is 19.1 Å². The quantitative estimate of drug-likeness (QED) is 0.558. The standard InChI is InChI=1S/C23H27ClN4O/c1-5-15-28(23(29)18-11-13-19(24)14-12-18)16-20-21(17-9-7-6-8-10-17)25-27(4)22(20)26(2)3/h6-14H,5,15-16H2,1-4H3. The lowest BCUT2D eigenvalue weighted by molar-refractivity contribution is 0.0743. The van der Waals surface area contributed by atoms with Crippen molar-refractivity contribution in [2.45, 2.75) is 19.9 Å². The molecule has 0 saturated heterocycles. The van der Waals surface area contributed by atoms with Gasteiger partial charge in [0.1, 0.15) is 5.82 Å². The molecule has 0 radical (unpaired) electrons. The van der Waals surface area contributed by atoms with Crippen LogP contribution in [0, 0.1) is 0 Å². The molecular formula is C23H27ClN4O. The molecule has 0 aliphatic rings. The van der Waals surface area contributed by atoms with Crippen molar-refractivity contribution in [3.8, 4) is 11.3 Å². The molecule has 0 saturated carbocycles. The summed E-state index contributed by atoms with van der Waals surface area (Å²) in [6, 6.07) is 17.2. The molecule has 6 heteroatoms. The number of hydrogen-bond donors (Lipinski definition) is 0. The summed E-state index contributed by atoms with van der Waals surface area (Å²) < 4.78 is 1.88. The number of carbonyl (C=O) groups excluding carboxylic acids is 1. The third-order valence-corrected chi connectivity index (χ3v) is 5.06. The molecule has 1 aromatic heterocycles. The van der Waals surface area contributed by atoms with Crippen LogP contribution in [0.5, 0.6) is 0 Å². The maximum absolute atomic E-state index is 13.2. The number of aromatic nitrogens is 2. The molecule has 1 heterocycles. The number of hydrogen-bond acceptors (Lipinski definition) is 3. The van der Waals surface area contributed by atoms with E-state index in [4.69, 9.17) is 16.7 Å². The third kappa shape index (κ3) is 4.62. The summed E-state index contributed by atoms with van der Waals surface area (Å²) in [6.07, 6.45) is 0.873. The van der Waals surface area contributed by atoms with Crippen LogP contribution in [0.1, 0.15) is 29.3 Å². The van der Waals surface area contributed by atoms with Crippen molar-refractivity contribution in [1.82, 2.24) is 14.7 Å². The van der Waals surface area contributed by atoms with E-state index in [0.29, 0.717) is 23.7 Å². The van der Waals surface area contributed by atoms with Gasteiger partial charge in [-0.3, -0.25) is 9.48 Å². The van der Waals surface area contributed by atoms with Crippen LogP contribution in [-0.2, 0) is 13.6 Å². The first kappa shape index (κ1) is 20.9. The van der Waals surface area contributed by atoms with E-state index in [1.165, 1.54) is 0 Å². The minimum Gasteiger partial charge on any atom is -0.363 e. The second-order valence-corrected chi connectivity index (χ2v) is 7.70. The molecule has 0 bridgehead atoms. The Morgan fingerprint density at radius 2 is 1.72 bits per heavy atom. The molecule has 0 atom stereocenters. The summed E-state index contributed by atoms with van der Waals surface area (Å²) in [4.78, 5) is 17.2. The van der Waals surface area contributed by atoms with Crippen molar-refractivity contribution in [3.63, 3.8) is 0 Å². The zero-order valence-corrected chi connectivity index (χ0v) is 18.1. The molecule has 29 heavy (non-hydrogen) atoms. The number of nitrogens with zero attached hydrogens (tertiary/aromatic N) is 4. The molecule has 152 valence electrons. The van der Waals surface area contributed by atoms with Crippen LogP contribution in [0.15, 0.2) is 54.6 Å². The van der Waals surface area contributed by atoms with E-state index in [1.807, 2.05) is 53.8 Å². The van der Waals surface area contributed by atoms with Gasteiger partial charge in [0, 0.05) is 49.4 Å². The highest BCUT2D eigenvalue weighted by Gasteiger charge is 2.24. The number of anilines is 1. The number of aryl methyl sites for hydroxylation is 1. The fraction of sp³-hybridized carbons (Fsp3) is 0.304. The van der Waals surface area contributed by atoms with Crippen molar-refractivity contribution < 1.29 is 4.79 Å². The lowest BCUT2D eigenvalue weighted by Gasteiger charge is -2.24. The average Bonchev–Trinajstić information content (AvgIpc) is 3.04. The van der Waals surface area contributed by atoms with E-state index in [-0.39, 0.29) is 5.91 Å². The summed E-state index contributed by atoms with van der Waals surface area (Å²) in [6.45, 7) is 3.23. The SMILES string of the molecule is CCCN(Cc1c(-c2ccccc2)nn(C)c1N(C)C)C(=O)c1ccc(Cl)cc1. The van der Waals surface area contributed by atoms with Gasteiger partial charge in [-0.2, -0.15) is 5.10 Å². The predicted molar refractivity (Wildman–Crippen MR) is 119 cm³/mol. The first-order valence-electron chi connectivity index (χ1n) is 9.75. The maximum Gasteiger partial charge on any atom is 0.254 e. The van der Waals surface area contributed by atoms with Crippen LogP contribution in [-0.4, -0.2) is 41.2 Å². The third-order valence-electron chi connectivity index (χ3n) is 4.80. The second kappa shape index (κ2) is 9.14. The number of amides is 1. The van der Waals surface area contributed by atoms with E-state index in [9.17, 15) is 4.79 Å². The Morgan fingerprint density at radius 3 is 2.31 bits per heavy atom. The molecule has 2 aromatic carbocycles. The van der Waals surface area contributed by atoms with Gasteiger partial charge in [0.2, 0.25) is 0 Å². The van der Waals surface area contributed by atoms with E-state index in [1.54, 1.807) is 24.3 Å². The highest BCUT2D eigenvalue weighted by atomic mass is 35.5. The molecular weight excluding hydrogens is 384 g/mol. The van der Waals surface area contributed by atoms with Gasteiger partial charge >= 0.3 is 0 Å². The van der Waals surface area contributed by atoms with Crippen molar-refractivity contribution in [3.05, 3.63) is 70.7 Å². The van der Waals surface area contributed by atoms with Gasteiger partial charge in [-0.05, 0) is 30.7 Å². The largest absolute Gasteiger partial charge is 0.363 e. The van der Waals surface area contributed by atoms with Crippen molar-refractivity contribution in [1.29, 1.82) is 0 Å². The minimum atomic E-state index is -0.00362. The van der Waals surface area contributed by atoms with Gasteiger partial charge in [0.25, 0.3) is 5.91 Å². The Hall–Kier alpha value is -2.79. The Bertz CT molecular complexity index is 965. The maximum atomic E-state index is 13.2. The van der Waals surface area contributed by atoms with Crippen LogP contribution in [0.2, 0.25) is 5.02 Å². The Labute approximate surface area is 177 Å². The Morgan fingerprint density at radius 1 is 1.07 bits per heavy atom. The first-order chi connectivity index (χ1) is 13.9. The topological polar surface area (TPSA) is 41.4 Å². The van der Waals surface area contributed by atoms with Gasteiger partial charge in [0.05, 0.1) is 12.2 Å². The zero-order chi connectivity index (χ0) is 21.0. The molecule has 3 aromatic rings. The summed E-state index contributed by atoms with van der Waals surface area (Å²) in [5.41, 5.74) is 3.63. The molecule has 0 fully saturated rings. The monoisotopic (exact) mass is 410 g/mol. The number of halogens is 1. The lowest BCUT2D eigenvalue weighted by atomic mass is 10.1. The molecule has 0 aliphatic heterocycles. The number of benzene rings is 2. The van der Waals surface area contributed by atoms with Gasteiger partial charge in [-0.25, -0.2) is 0 Å². The molecule has 0 aliphatic carbocycles. The highest BCUT2D eigenvalue weighted by molar-refractivity contribution is 6.30. The highest BCUT2D eigenvalue weighted by Crippen LogP contribution is 2.31. The number of rotatable bonds is 7. The number of carbonyl (C=O) groups is 1. The van der Waals surface area contributed by atoms with Crippen molar-refractivity contribution >= 4 is 23.3 Å². The van der Waals surface area contributed by atoms with Gasteiger partial charge in [-0.1, -0.05) is 48.9 Å². The van der Waals surface area contributed by atoms with E-state index < -0.39 is 0 Å². The van der Waals surface area contributed by atoms with Crippen LogP contribution in [0.3, 0.4) is 0 Å². The lowest BCUT2D eigenvalue weighted by Crippen LogP contribution is -2.32.